The Balaban J connectivity index is 1.62. The van der Waals surface area contributed by atoms with E-state index in [0.29, 0.717) is 25.6 Å². The molecule has 1 aromatic carbocycles. The van der Waals surface area contributed by atoms with Crippen LogP contribution in [0.3, 0.4) is 0 Å². The lowest BCUT2D eigenvalue weighted by molar-refractivity contribution is -0.132. The lowest BCUT2D eigenvalue weighted by atomic mass is 10.2. The maximum absolute atomic E-state index is 11.9. The van der Waals surface area contributed by atoms with Crippen molar-refractivity contribution < 1.29 is 9.53 Å². The van der Waals surface area contributed by atoms with Gasteiger partial charge in [-0.1, -0.05) is 30.3 Å². The van der Waals surface area contributed by atoms with Crippen LogP contribution in [0.15, 0.2) is 48.8 Å². The van der Waals surface area contributed by atoms with Crippen LogP contribution < -0.4 is 10.6 Å². The highest BCUT2D eigenvalue weighted by molar-refractivity contribution is 5.80. The molecule has 0 aliphatic heterocycles. The highest BCUT2D eigenvalue weighted by atomic mass is 16.5. The third-order valence-corrected chi connectivity index (χ3v) is 2.99. The van der Waals surface area contributed by atoms with Gasteiger partial charge in [0.05, 0.1) is 6.61 Å². The van der Waals surface area contributed by atoms with Gasteiger partial charge in [0.15, 0.2) is 0 Å². The SMILES string of the molecule is C[C@@H](OCc1ccccc1)C(=O)NCCNc1ncccn1. The van der Waals surface area contributed by atoms with Gasteiger partial charge in [-0.15, -0.1) is 0 Å². The first-order chi connectivity index (χ1) is 10.8. The second-order valence-electron chi connectivity index (χ2n) is 4.73. The molecule has 6 nitrogen and oxygen atoms in total. The van der Waals surface area contributed by atoms with Gasteiger partial charge in [0.2, 0.25) is 11.9 Å². The number of ether oxygens (including phenoxy) is 1. The van der Waals surface area contributed by atoms with Gasteiger partial charge in [-0.05, 0) is 18.6 Å². The van der Waals surface area contributed by atoms with Crippen LogP contribution in [0.25, 0.3) is 0 Å². The third-order valence-electron chi connectivity index (χ3n) is 2.99. The van der Waals surface area contributed by atoms with Crippen molar-refractivity contribution in [2.75, 3.05) is 18.4 Å². The number of benzene rings is 1. The molecule has 0 aliphatic rings. The van der Waals surface area contributed by atoms with Crippen LogP contribution >= 0.6 is 0 Å². The van der Waals surface area contributed by atoms with Crippen LogP contribution in [-0.4, -0.2) is 35.1 Å². The fourth-order valence-corrected chi connectivity index (χ4v) is 1.77. The molecule has 22 heavy (non-hydrogen) atoms. The Hall–Kier alpha value is -2.47. The largest absolute Gasteiger partial charge is 0.364 e. The van der Waals surface area contributed by atoms with E-state index in [4.69, 9.17) is 4.74 Å². The van der Waals surface area contributed by atoms with Crippen LogP contribution in [0.4, 0.5) is 5.95 Å². The molecule has 2 N–H and O–H groups in total. The summed E-state index contributed by atoms with van der Waals surface area (Å²) in [4.78, 5) is 19.9. The summed E-state index contributed by atoms with van der Waals surface area (Å²) in [6.45, 7) is 3.20. The van der Waals surface area contributed by atoms with Crippen molar-refractivity contribution in [1.29, 1.82) is 0 Å². The predicted octanol–water partition coefficient (Wildman–Crippen LogP) is 1.61. The number of nitrogens with zero attached hydrogens (tertiary/aromatic N) is 2. The summed E-state index contributed by atoms with van der Waals surface area (Å²) >= 11 is 0. The Morgan fingerprint density at radius 3 is 2.59 bits per heavy atom. The maximum Gasteiger partial charge on any atom is 0.248 e. The first kappa shape index (κ1) is 15.9. The molecular weight excluding hydrogens is 280 g/mol. The van der Waals surface area contributed by atoms with Crippen molar-refractivity contribution in [3.05, 3.63) is 54.4 Å². The number of amides is 1. The number of hydrogen-bond donors (Lipinski definition) is 2. The number of anilines is 1. The van der Waals surface area contributed by atoms with Crippen LogP contribution in [0, 0.1) is 0 Å². The van der Waals surface area contributed by atoms with E-state index in [-0.39, 0.29) is 5.91 Å². The predicted molar refractivity (Wildman–Crippen MR) is 84.2 cm³/mol. The summed E-state index contributed by atoms with van der Waals surface area (Å²) in [5.74, 6) is 0.414. The topological polar surface area (TPSA) is 76.1 Å². The molecule has 1 heterocycles. The van der Waals surface area contributed by atoms with Crippen molar-refractivity contribution in [3.8, 4) is 0 Å². The molecule has 0 radical (unpaired) electrons. The van der Waals surface area contributed by atoms with E-state index < -0.39 is 6.10 Å². The standard InChI is InChI=1S/C16H20N4O2/c1-13(22-12-14-6-3-2-4-7-14)15(21)17-10-11-20-16-18-8-5-9-19-16/h2-9,13H,10-12H2,1H3,(H,17,21)(H,18,19,20)/t13-/m1/s1. The molecule has 6 heteroatoms. The summed E-state index contributed by atoms with van der Waals surface area (Å²) in [5, 5.41) is 5.83. The summed E-state index contributed by atoms with van der Waals surface area (Å²) in [5.41, 5.74) is 1.05. The normalized spacial score (nSPS) is 11.7. The van der Waals surface area contributed by atoms with Crippen LogP contribution in [0.2, 0.25) is 0 Å². The lowest BCUT2D eigenvalue weighted by Gasteiger charge is -2.13. The summed E-state index contributed by atoms with van der Waals surface area (Å²) in [6.07, 6.45) is 2.83. The van der Waals surface area contributed by atoms with Crippen molar-refractivity contribution >= 4 is 11.9 Å². The molecule has 0 saturated carbocycles. The smallest absolute Gasteiger partial charge is 0.248 e. The molecule has 116 valence electrons. The Labute approximate surface area is 129 Å². The molecule has 1 aromatic heterocycles. The molecule has 2 rings (SSSR count). The number of carbonyl (C=O) groups excluding carboxylic acids is 1. The van der Waals surface area contributed by atoms with Gasteiger partial charge in [0, 0.05) is 25.5 Å². The molecule has 1 amide bonds. The number of aromatic nitrogens is 2. The molecule has 1 atom stereocenters. The van der Waals surface area contributed by atoms with Crippen molar-refractivity contribution in [3.63, 3.8) is 0 Å². The third kappa shape index (κ3) is 5.49. The molecule has 2 aromatic rings. The van der Waals surface area contributed by atoms with Crippen molar-refractivity contribution in [1.82, 2.24) is 15.3 Å². The Bertz CT molecular complexity index is 563. The van der Waals surface area contributed by atoms with Crippen LogP contribution in [-0.2, 0) is 16.1 Å². The quantitative estimate of drug-likeness (QED) is 0.724. The molecule has 0 unspecified atom stereocenters. The zero-order valence-electron chi connectivity index (χ0n) is 12.5. The van der Waals surface area contributed by atoms with E-state index in [0.717, 1.165) is 5.56 Å². The summed E-state index contributed by atoms with van der Waals surface area (Å²) in [6, 6.07) is 11.5. The van der Waals surface area contributed by atoms with Gasteiger partial charge in [-0.3, -0.25) is 4.79 Å². The monoisotopic (exact) mass is 300 g/mol. The Morgan fingerprint density at radius 1 is 1.14 bits per heavy atom. The van der Waals surface area contributed by atoms with Gasteiger partial charge >= 0.3 is 0 Å². The van der Waals surface area contributed by atoms with Gasteiger partial charge in [0.1, 0.15) is 6.10 Å². The fraction of sp³-hybridized carbons (Fsp3) is 0.312. The van der Waals surface area contributed by atoms with Gasteiger partial charge in [-0.25, -0.2) is 9.97 Å². The average Bonchev–Trinajstić information content (AvgIpc) is 2.58. The van der Waals surface area contributed by atoms with E-state index in [1.165, 1.54) is 0 Å². The molecule has 0 aliphatic carbocycles. The minimum Gasteiger partial charge on any atom is -0.364 e. The second-order valence-corrected chi connectivity index (χ2v) is 4.73. The molecule has 0 saturated heterocycles. The summed E-state index contributed by atoms with van der Waals surface area (Å²) < 4.78 is 5.55. The molecular formula is C16H20N4O2. The van der Waals surface area contributed by atoms with Gasteiger partial charge in [-0.2, -0.15) is 0 Å². The minimum absolute atomic E-state index is 0.133. The Kier molecular flexibility index (Phi) is 6.32. The van der Waals surface area contributed by atoms with Crippen LogP contribution in [0.1, 0.15) is 12.5 Å². The fourth-order valence-electron chi connectivity index (χ4n) is 1.77. The van der Waals surface area contributed by atoms with E-state index in [1.807, 2.05) is 30.3 Å². The number of nitrogens with one attached hydrogen (secondary N) is 2. The maximum atomic E-state index is 11.9. The highest BCUT2D eigenvalue weighted by Gasteiger charge is 2.12. The molecule has 0 spiro atoms. The molecule has 0 bridgehead atoms. The summed E-state index contributed by atoms with van der Waals surface area (Å²) in [7, 11) is 0. The van der Waals surface area contributed by atoms with Crippen molar-refractivity contribution in [2.24, 2.45) is 0 Å². The van der Waals surface area contributed by atoms with E-state index in [9.17, 15) is 4.79 Å². The lowest BCUT2D eigenvalue weighted by Crippen LogP contribution is -2.37. The zero-order valence-corrected chi connectivity index (χ0v) is 12.5. The van der Waals surface area contributed by atoms with Gasteiger partial charge in [0.25, 0.3) is 0 Å². The number of rotatable bonds is 8. The first-order valence-corrected chi connectivity index (χ1v) is 7.20. The second kappa shape index (κ2) is 8.74. The zero-order chi connectivity index (χ0) is 15.6. The van der Waals surface area contributed by atoms with E-state index in [2.05, 4.69) is 20.6 Å². The average molecular weight is 300 g/mol. The van der Waals surface area contributed by atoms with E-state index in [1.54, 1.807) is 25.4 Å². The highest BCUT2D eigenvalue weighted by Crippen LogP contribution is 2.03. The first-order valence-electron chi connectivity index (χ1n) is 7.20. The van der Waals surface area contributed by atoms with Crippen LogP contribution in [0.5, 0.6) is 0 Å². The van der Waals surface area contributed by atoms with Crippen molar-refractivity contribution in [2.45, 2.75) is 19.6 Å². The van der Waals surface area contributed by atoms with Gasteiger partial charge < -0.3 is 15.4 Å². The molecule has 0 fully saturated rings. The van der Waals surface area contributed by atoms with E-state index >= 15 is 0 Å². The number of carbonyl (C=O) groups is 1. The number of hydrogen-bond acceptors (Lipinski definition) is 5. The minimum atomic E-state index is -0.492. The Morgan fingerprint density at radius 2 is 1.86 bits per heavy atom.